The first-order chi connectivity index (χ1) is 11.6. The Morgan fingerprint density at radius 2 is 1.88 bits per heavy atom. The molecule has 6 heteroatoms. The van der Waals surface area contributed by atoms with Crippen molar-refractivity contribution in [3.05, 3.63) is 59.7 Å². The molecule has 0 heterocycles. The topological polar surface area (TPSA) is 73.4 Å². The zero-order valence-electron chi connectivity index (χ0n) is 13.5. The number of thiocarbonyl (C=S) groups is 1. The molecule has 0 saturated carbocycles. The van der Waals surface area contributed by atoms with E-state index in [1.165, 1.54) is 30.5 Å². The number of anilines is 1. The molecule has 0 radical (unpaired) electrons. The Kier molecular flexibility index (Phi) is 6.57. The van der Waals surface area contributed by atoms with E-state index >= 15 is 0 Å². The van der Waals surface area contributed by atoms with Crippen LogP contribution in [0.3, 0.4) is 0 Å². The summed E-state index contributed by atoms with van der Waals surface area (Å²) in [6.45, 7) is 2.17. The van der Waals surface area contributed by atoms with Gasteiger partial charge in [0.1, 0.15) is 5.75 Å². The molecule has 2 rings (SSSR count). The molecule has 0 aromatic heterocycles. The quantitative estimate of drug-likeness (QED) is 0.495. The SMILES string of the molecule is CCCCc1ccc(NC(=S)NNC(=O)c2cccc(O)c2)cc1. The fourth-order valence-electron chi connectivity index (χ4n) is 2.13. The van der Waals surface area contributed by atoms with E-state index in [4.69, 9.17) is 12.2 Å². The van der Waals surface area contributed by atoms with Gasteiger partial charge in [0.05, 0.1) is 0 Å². The van der Waals surface area contributed by atoms with Crippen molar-refractivity contribution < 1.29 is 9.90 Å². The second kappa shape index (κ2) is 8.88. The minimum Gasteiger partial charge on any atom is -0.508 e. The van der Waals surface area contributed by atoms with Gasteiger partial charge in [0.2, 0.25) is 0 Å². The number of benzene rings is 2. The van der Waals surface area contributed by atoms with Gasteiger partial charge >= 0.3 is 0 Å². The lowest BCUT2D eigenvalue weighted by atomic mass is 10.1. The number of phenols is 1. The lowest BCUT2D eigenvalue weighted by Gasteiger charge is -2.12. The van der Waals surface area contributed by atoms with Gasteiger partial charge in [0, 0.05) is 11.3 Å². The van der Waals surface area contributed by atoms with Crippen molar-refractivity contribution in [2.75, 3.05) is 5.32 Å². The Morgan fingerprint density at radius 3 is 2.54 bits per heavy atom. The maximum atomic E-state index is 11.9. The minimum absolute atomic E-state index is 0.0338. The number of carbonyl (C=O) groups excluding carboxylic acids is 1. The molecule has 2 aromatic carbocycles. The van der Waals surface area contributed by atoms with Crippen molar-refractivity contribution in [2.24, 2.45) is 0 Å². The lowest BCUT2D eigenvalue weighted by Crippen LogP contribution is -2.43. The van der Waals surface area contributed by atoms with E-state index in [2.05, 4.69) is 35.2 Å². The van der Waals surface area contributed by atoms with E-state index in [0.717, 1.165) is 12.1 Å². The van der Waals surface area contributed by atoms with E-state index in [1.807, 2.05) is 12.1 Å². The third-order valence-corrected chi connectivity index (χ3v) is 3.63. The summed E-state index contributed by atoms with van der Waals surface area (Å²) >= 11 is 5.15. The van der Waals surface area contributed by atoms with Crippen LogP contribution in [0.5, 0.6) is 5.75 Å². The van der Waals surface area contributed by atoms with Crippen molar-refractivity contribution in [3.8, 4) is 5.75 Å². The third-order valence-electron chi connectivity index (χ3n) is 3.43. The summed E-state index contributed by atoms with van der Waals surface area (Å²) in [5.41, 5.74) is 7.59. The summed E-state index contributed by atoms with van der Waals surface area (Å²) in [4.78, 5) is 11.9. The van der Waals surface area contributed by atoms with Crippen molar-refractivity contribution in [2.45, 2.75) is 26.2 Å². The molecular weight excluding hydrogens is 322 g/mol. The first-order valence-corrected chi connectivity index (χ1v) is 8.24. The van der Waals surface area contributed by atoms with Crippen molar-refractivity contribution in [1.82, 2.24) is 10.9 Å². The van der Waals surface area contributed by atoms with Gasteiger partial charge in [-0.25, -0.2) is 0 Å². The predicted octanol–water partition coefficient (Wildman–Crippen LogP) is 3.37. The normalized spacial score (nSPS) is 10.0. The highest BCUT2D eigenvalue weighted by Gasteiger charge is 2.06. The molecule has 0 fully saturated rings. The number of amides is 1. The number of aromatic hydroxyl groups is 1. The van der Waals surface area contributed by atoms with Crippen molar-refractivity contribution in [3.63, 3.8) is 0 Å². The maximum absolute atomic E-state index is 11.9. The Hall–Kier alpha value is -2.60. The zero-order valence-corrected chi connectivity index (χ0v) is 14.3. The molecule has 0 aliphatic heterocycles. The number of hydrogen-bond donors (Lipinski definition) is 4. The van der Waals surface area contributed by atoms with Gasteiger partial charge in [0.25, 0.3) is 5.91 Å². The molecule has 0 aliphatic carbocycles. The summed E-state index contributed by atoms with van der Waals surface area (Å²) in [5.74, 6) is -0.350. The number of unbranched alkanes of at least 4 members (excludes halogenated alkanes) is 1. The number of carbonyl (C=O) groups is 1. The smallest absolute Gasteiger partial charge is 0.269 e. The van der Waals surface area contributed by atoms with E-state index in [9.17, 15) is 9.90 Å². The summed E-state index contributed by atoms with van der Waals surface area (Å²) < 4.78 is 0. The molecule has 24 heavy (non-hydrogen) atoms. The second-order valence-corrected chi connectivity index (χ2v) is 5.79. The molecular formula is C18H21N3O2S. The van der Waals surface area contributed by atoms with Crippen LogP contribution < -0.4 is 16.2 Å². The average Bonchev–Trinajstić information content (AvgIpc) is 2.59. The van der Waals surface area contributed by atoms with Crippen LogP contribution in [0.15, 0.2) is 48.5 Å². The van der Waals surface area contributed by atoms with Gasteiger partial charge < -0.3 is 10.4 Å². The highest BCUT2D eigenvalue weighted by atomic mass is 32.1. The average molecular weight is 343 g/mol. The zero-order chi connectivity index (χ0) is 17.4. The van der Waals surface area contributed by atoms with Crippen LogP contribution in [-0.2, 0) is 6.42 Å². The Labute approximate surface area is 147 Å². The van der Waals surface area contributed by atoms with E-state index < -0.39 is 0 Å². The molecule has 5 nitrogen and oxygen atoms in total. The van der Waals surface area contributed by atoms with E-state index in [-0.39, 0.29) is 16.8 Å². The highest BCUT2D eigenvalue weighted by Crippen LogP contribution is 2.12. The van der Waals surface area contributed by atoms with Gasteiger partial charge in [-0.05, 0) is 61.0 Å². The molecule has 0 atom stereocenters. The molecule has 1 amide bonds. The lowest BCUT2D eigenvalue weighted by molar-refractivity contribution is 0.0944. The van der Waals surface area contributed by atoms with Crippen LogP contribution in [0.25, 0.3) is 0 Å². The molecule has 126 valence electrons. The largest absolute Gasteiger partial charge is 0.508 e. The van der Waals surface area contributed by atoms with Gasteiger partial charge in [-0.15, -0.1) is 0 Å². The molecule has 0 unspecified atom stereocenters. The summed E-state index contributed by atoms with van der Waals surface area (Å²) in [5, 5.41) is 12.7. The van der Waals surface area contributed by atoms with Crippen LogP contribution >= 0.6 is 12.2 Å². The fraction of sp³-hybridized carbons (Fsp3) is 0.222. The third kappa shape index (κ3) is 5.55. The van der Waals surface area contributed by atoms with Crippen molar-refractivity contribution in [1.29, 1.82) is 0 Å². The predicted molar refractivity (Wildman–Crippen MR) is 100.0 cm³/mol. The highest BCUT2D eigenvalue weighted by molar-refractivity contribution is 7.80. The standard InChI is InChI=1S/C18H21N3O2S/c1-2-3-5-13-8-10-15(11-9-13)19-18(24)21-20-17(23)14-6-4-7-16(22)12-14/h4,6-12,22H,2-3,5H2,1H3,(H,20,23)(H2,19,21,24). The molecule has 0 spiro atoms. The first-order valence-electron chi connectivity index (χ1n) is 7.84. The summed E-state index contributed by atoms with van der Waals surface area (Å²) in [6.07, 6.45) is 3.42. The minimum atomic E-state index is -0.384. The van der Waals surface area contributed by atoms with E-state index in [1.54, 1.807) is 12.1 Å². The van der Waals surface area contributed by atoms with Crippen LogP contribution in [0.2, 0.25) is 0 Å². The molecule has 0 saturated heterocycles. The molecule has 0 aliphatic rings. The Bertz CT molecular complexity index is 702. The van der Waals surface area contributed by atoms with Gasteiger partial charge in [-0.3, -0.25) is 15.6 Å². The number of hydrazine groups is 1. The first kappa shape index (κ1) is 17.7. The Morgan fingerprint density at radius 1 is 1.12 bits per heavy atom. The number of aryl methyl sites for hydroxylation is 1. The van der Waals surface area contributed by atoms with E-state index in [0.29, 0.717) is 5.56 Å². The van der Waals surface area contributed by atoms with Crippen LogP contribution in [0.1, 0.15) is 35.7 Å². The Balaban J connectivity index is 1.81. The van der Waals surface area contributed by atoms with Crippen LogP contribution in [-0.4, -0.2) is 16.1 Å². The van der Waals surface area contributed by atoms with Crippen LogP contribution in [0.4, 0.5) is 5.69 Å². The maximum Gasteiger partial charge on any atom is 0.269 e. The number of phenolic OH excluding ortho intramolecular Hbond substituents is 1. The van der Waals surface area contributed by atoms with Crippen molar-refractivity contribution >= 4 is 28.9 Å². The summed E-state index contributed by atoms with van der Waals surface area (Å²) in [6, 6.07) is 14.1. The molecule has 2 aromatic rings. The van der Waals surface area contributed by atoms with Crippen LogP contribution in [0, 0.1) is 0 Å². The number of hydrogen-bond acceptors (Lipinski definition) is 3. The molecule has 4 N–H and O–H groups in total. The van der Waals surface area contributed by atoms with Gasteiger partial charge in [-0.1, -0.05) is 31.5 Å². The fourth-order valence-corrected chi connectivity index (χ4v) is 2.30. The monoisotopic (exact) mass is 343 g/mol. The molecule has 0 bridgehead atoms. The number of nitrogens with one attached hydrogen (secondary N) is 3. The summed E-state index contributed by atoms with van der Waals surface area (Å²) in [7, 11) is 0. The van der Waals surface area contributed by atoms with Gasteiger partial charge in [-0.2, -0.15) is 0 Å². The van der Waals surface area contributed by atoms with Gasteiger partial charge in [0.15, 0.2) is 5.11 Å². The number of rotatable bonds is 5. The second-order valence-electron chi connectivity index (χ2n) is 5.38.